The highest BCUT2D eigenvalue weighted by Crippen LogP contribution is 2.33. The van der Waals surface area contributed by atoms with Crippen LogP contribution in [0.2, 0.25) is 0 Å². The van der Waals surface area contributed by atoms with Gasteiger partial charge in [-0.2, -0.15) is 0 Å². The normalized spacial score (nSPS) is 20.3. The summed E-state index contributed by atoms with van der Waals surface area (Å²) >= 11 is 0. The predicted octanol–water partition coefficient (Wildman–Crippen LogP) is 2.15. The fourth-order valence-corrected chi connectivity index (χ4v) is 3.35. The highest BCUT2D eigenvalue weighted by atomic mass is 35.5. The van der Waals surface area contributed by atoms with Gasteiger partial charge in [0.05, 0.1) is 20.3 Å². The van der Waals surface area contributed by atoms with Gasteiger partial charge in [-0.15, -0.1) is 12.4 Å². The van der Waals surface area contributed by atoms with Crippen molar-refractivity contribution in [3.8, 4) is 11.5 Å². The number of fused-ring (bicyclic) bond motifs is 1. The topological polar surface area (TPSA) is 50.8 Å². The Bertz CT molecular complexity index is 559. The van der Waals surface area contributed by atoms with Crippen LogP contribution < -0.4 is 14.8 Å². The molecule has 3 rings (SSSR count). The van der Waals surface area contributed by atoms with Gasteiger partial charge in [-0.05, 0) is 49.1 Å². The first-order valence-electron chi connectivity index (χ1n) is 7.99. The molecule has 1 fully saturated rings. The van der Waals surface area contributed by atoms with Crippen molar-refractivity contribution >= 4 is 18.3 Å². The van der Waals surface area contributed by atoms with Gasteiger partial charge in [0.25, 0.3) is 0 Å². The summed E-state index contributed by atoms with van der Waals surface area (Å²) in [6, 6.07) is 4.03. The van der Waals surface area contributed by atoms with Crippen LogP contribution in [0.5, 0.6) is 11.5 Å². The first-order valence-corrected chi connectivity index (χ1v) is 7.99. The monoisotopic (exact) mass is 340 g/mol. The van der Waals surface area contributed by atoms with E-state index in [4.69, 9.17) is 9.47 Å². The molecule has 0 spiro atoms. The molecule has 0 bridgehead atoms. The van der Waals surface area contributed by atoms with Crippen molar-refractivity contribution in [3.05, 3.63) is 23.3 Å². The summed E-state index contributed by atoms with van der Waals surface area (Å²) in [6.45, 7) is 2.39. The van der Waals surface area contributed by atoms with E-state index in [0.29, 0.717) is 6.54 Å². The molecule has 0 aliphatic carbocycles. The molecule has 1 N–H and O–H groups in total. The summed E-state index contributed by atoms with van der Waals surface area (Å²) in [5, 5.41) is 3.35. The number of ether oxygens (including phenoxy) is 2. The number of piperidine rings is 1. The third-order valence-electron chi connectivity index (χ3n) is 4.64. The fourth-order valence-electron chi connectivity index (χ4n) is 3.35. The number of methoxy groups -OCH3 is 2. The van der Waals surface area contributed by atoms with Crippen LogP contribution in [0.1, 0.15) is 30.4 Å². The second-order valence-electron chi connectivity index (χ2n) is 5.99. The van der Waals surface area contributed by atoms with Gasteiger partial charge in [0.15, 0.2) is 11.5 Å². The molecule has 1 amide bonds. The largest absolute Gasteiger partial charge is 0.493 e. The van der Waals surface area contributed by atoms with Crippen molar-refractivity contribution in [2.75, 3.05) is 27.3 Å². The first-order chi connectivity index (χ1) is 10.7. The van der Waals surface area contributed by atoms with E-state index in [9.17, 15) is 4.79 Å². The van der Waals surface area contributed by atoms with Gasteiger partial charge >= 0.3 is 0 Å². The molecule has 1 aromatic carbocycles. The predicted molar refractivity (Wildman–Crippen MR) is 91.6 cm³/mol. The van der Waals surface area contributed by atoms with Crippen molar-refractivity contribution in [1.29, 1.82) is 0 Å². The molecular weight excluding hydrogens is 316 g/mol. The Balaban J connectivity index is 0.00000192. The Morgan fingerprint density at radius 1 is 1.17 bits per heavy atom. The molecule has 23 heavy (non-hydrogen) atoms. The molecule has 1 aromatic rings. The SMILES string of the molecule is COc1cc2c(cc1OC)CN(C(=O)[C@H]1CCCCN1)CC2.Cl. The maximum atomic E-state index is 12.6. The number of rotatable bonds is 3. The van der Waals surface area contributed by atoms with Gasteiger partial charge in [-0.3, -0.25) is 4.79 Å². The molecule has 128 valence electrons. The summed E-state index contributed by atoms with van der Waals surface area (Å²) in [6.07, 6.45) is 4.13. The van der Waals surface area contributed by atoms with Crippen molar-refractivity contribution in [2.45, 2.75) is 38.3 Å². The van der Waals surface area contributed by atoms with Crippen LogP contribution in [0.15, 0.2) is 12.1 Å². The fraction of sp³-hybridized carbons (Fsp3) is 0.588. The lowest BCUT2D eigenvalue weighted by molar-refractivity contribution is -0.135. The molecule has 2 heterocycles. The van der Waals surface area contributed by atoms with E-state index in [1.165, 1.54) is 12.0 Å². The first kappa shape index (κ1) is 17.9. The molecule has 0 unspecified atom stereocenters. The zero-order chi connectivity index (χ0) is 15.5. The van der Waals surface area contributed by atoms with Crippen LogP contribution in [0.4, 0.5) is 0 Å². The smallest absolute Gasteiger partial charge is 0.240 e. The number of benzene rings is 1. The quantitative estimate of drug-likeness (QED) is 0.916. The van der Waals surface area contributed by atoms with Gasteiger partial charge in [0, 0.05) is 13.1 Å². The lowest BCUT2D eigenvalue weighted by Gasteiger charge is -2.33. The molecule has 1 atom stereocenters. The van der Waals surface area contributed by atoms with Gasteiger partial charge in [-0.1, -0.05) is 6.42 Å². The van der Waals surface area contributed by atoms with Crippen LogP contribution >= 0.6 is 12.4 Å². The van der Waals surface area contributed by atoms with Crippen LogP contribution in [-0.2, 0) is 17.8 Å². The summed E-state index contributed by atoms with van der Waals surface area (Å²) in [5.74, 6) is 1.72. The van der Waals surface area contributed by atoms with Crippen LogP contribution in [0.3, 0.4) is 0 Å². The van der Waals surface area contributed by atoms with Crippen LogP contribution in [0.25, 0.3) is 0 Å². The van der Waals surface area contributed by atoms with Crippen molar-refractivity contribution in [1.82, 2.24) is 10.2 Å². The minimum absolute atomic E-state index is 0. The number of nitrogens with one attached hydrogen (secondary N) is 1. The zero-order valence-corrected chi connectivity index (χ0v) is 14.6. The van der Waals surface area contributed by atoms with E-state index < -0.39 is 0 Å². The van der Waals surface area contributed by atoms with Gasteiger partial charge in [0.2, 0.25) is 5.91 Å². The highest BCUT2D eigenvalue weighted by Gasteiger charge is 2.28. The zero-order valence-electron chi connectivity index (χ0n) is 13.8. The van der Waals surface area contributed by atoms with Crippen molar-refractivity contribution in [2.24, 2.45) is 0 Å². The number of halogens is 1. The maximum Gasteiger partial charge on any atom is 0.240 e. The standard InChI is InChI=1S/C17H24N2O3.ClH/c1-21-15-9-12-6-8-19(11-13(12)10-16(15)22-2)17(20)14-5-3-4-7-18-14;/h9-10,14,18H,3-8,11H2,1-2H3;1H/t14-;/m1./s1. The minimum Gasteiger partial charge on any atom is -0.493 e. The van der Waals surface area contributed by atoms with Crippen LogP contribution in [0, 0.1) is 0 Å². The second-order valence-corrected chi connectivity index (χ2v) is 5.99. The van der Waals surface area contributed by atoms with Crippen molar-refractivity contribution in [3.63, 3.8) is 0 Å². The molecular formula is C17H25ClN2O3. The van der Waals surface area contributed by atoms with E-state index in [0.717, 1.165) is 49.4 Å². The Morgan fingerprint density at radius 2 is 1.87 bits per heavy atom. The second kappa shape index (κ2) is 7.88. The van der Waals surface area contributed by atoms with E-state index in [-0.39, 0.29) is 24.4 Å². The van der Waals surface area contributed by atoms with Crippen LogP contribution in [-0.4, -0.2) is 44.2 Å². The molecule has 5 nitrogen and oxygen atoms in total. The molecule has 2 aliphatic rings. The van der Waals surface area contributed by atoms with Crippen molar-refractivity contribution < 1.29 is 14.3 Å². The van der Waals surface area contributed by atoms with E-state index >= 15 is 0 Å². The number of hydrogen-bond donors (Lipinski definition) is 1. The third-order valence-corrected chi connectivity index (χ3v) is 4.64. The lowest BCUT2D eigenvalue weighted by atomic mass is 9.97. The Morgan fingerprint density at radius 3 is 2.48 bits per heavy atom. The Labute approximate surface area is 143 Å². The van der Waals surface area contributed by atoms with E-state index in [1.807, 2.05) is 17.0 Å². The van der Waals surface area contributed by atoms with Gasteiger partial charge in [-0.25, -0.2) is 0 Å². The van der Waals surface area contributed by atoms with Gasteiger partial charge in [0.1, 0.15) is 0 Å². The average molecular weight is 341 g/mol. The summed E-state index contributed by atoms with van der Waals surface area (Å²) in [5.41, 5.74) is 2.41. The number of nitrogens with zero attached hydrogens (tertiary/aromatic N) is 1. The molecule has 0 radical (unpaired) electrons. The minimum atomic E-state index is -0.00422. The number of carbonyl (C=O) groups is 1. The number of hydrogen-bond acceptors (Lipinski definition) is 4. The Hall–Kier alpha value is -1.46. The lowest BCUT2D eigenvalue weighted by Crippen LogP contribution is -2.49. The van der Waals surface area contributed by atoms with Gasteiger partial charge < -0.3 is 19.7 Å². The summed E-state index contributed by atoms with van der Waals surface area (Å²) < 4.78 is 10.7. The summed E-state index contributed by atoms with van der Waals surface area (Å²) in [7, 11) is 3.29. The van der Waals surface area contributed by atoms with E-state index in [1.54, 1.807) is 14.2 Å². The maximum absolute atomic E-state index is 12.6. The molecule has 1 saturated heterocycles. The summed E-state index contributed by atoms with van der Waals surface area (Å²) in [4.78, 5) is 14.6. The molecule has 2 aliphatic heterocycles. The highest BCUT2D eigenvalue weighted by molar-refractivity contribution is 5.85. The average Bonchev–Trinajstić information content (AvgIpc) is 2.60. The Kier molecular flexibility index (Phi) is 6.13. The molecule has 0 saturated carbocycles. The third kappa shape index (κ3) is 3.72. The molecule has 0 aromatic heterocycles. The van der Waals surface area contributed by atoms with E-state index in [2.05, 4.69) is 5.32 Å². The number of carbonyl (C=O) groups excluding carboxylic acids is 1. The number of amides is 1. The molecule has 6 heteroatoms.